The quantitative estimate of drug-likeness (QED) is 0.0321. The first-order valence-electron chi connectivity index (χ1n) is 27.6. The molecular formula is C60H103NO5. The SMILES string of the molecule is CC\C=C/C=C/C=C/C=C\C=C\C=C\CCCC(CC(=O)NC(CO)C(O)CCCCCCCCCCCCCCCCCC)OC(=O)CCCCC/C=C/C=C/CCCCCCCCC. The van der Waals surface area contributed by atoms with E-state index in [0.717, 1.165) is 70.6 Å². The lowest BCUT2D eigenvalue weighted by atomic mass is 10.0. The first-order valence-corrected chi connectivity index (χ1v) is 27.6. The van der Waals surface area contributed by atoms with Crippen molar-refractivity contribution in [1.82, 2.24) is 5.32 Å². The molecule has 0 aromatic rings. The molecule has 0 heterocycles. The van der Waals surface area contributed by atoms with E-state index in [0.29, 0.717) is 19.3 Å². The summed E-state index contributed by atoms with van der Waals surface area (Å²) in [5, 5.41) is 23.8. The summed E-state index contributed by atoms with van der Waals surface area (Å²) in [4.78, 5) is 26.2. The van der Waals surface area contributed by atoms with Gasteiger partial charge in [-0.3, -0.25) is 9.59 Å². The van der Waals surface area contributed by atoms with Crippen LogP contribution in [0.15, 0.2) is 97.2 Å². The molecule has 0 saturated heterocycles. The van der Waals surface area contributed by atoms with E-state index >= 15 is 0 Å². The zero-order valence-corrected chi connectivity index (χ0v) is 43.0. The molecule has 6 nitrogen and oxygen atoms in total. The van der Waals surface area contributed by atoms with Crippen molar-refractivity contribution in [1.29, 1.82) is 0 Å². The third kappa shape index (κ3) is 47.3. The molecule has 378 valence electrons. The number of esters is 1. The van der Waals surface area contributed by atoms with Crippen LogP contribution in [-0.4, -0.2) is 46.9 Å². The normalized spacial score (nSPS) is 14.0. The molecule has 0 saturated carbocycles. The molecule has 3 atom stereocenters. The van der Waals surface area contributed by atoms with Crippen molar-refractivity contribution >= 4 is 11.9 Å². The van der Waals surface area contributed by atoms with Crippen molar-refractivity contribution in [3.8, 4) is 0 Å². The number of ether oxygens (including phenoxy) is 1. The predicted molar refractivity (Wildman–Crippen MR) is 287 cm³/mol. The highest BCUT2D eigenvalue weighted by atomic mass is 16.5. The highest BCUT2D eigenvalue weighted by Gasteiger charge is 2.24. The molecule has 66 heavy (non-hydrogen) atoms. The highest BCUT2D eigenvalue weighted by molar-refractivity contribution is 5.77. The summed E-state index contributed by atoms with van der Waals surface area (Å²) in [6.45, 7) is 6.31. The third-order valence-corrected chi connectivity index (χ3v) is 12.1. The van der Waals surface area contributed by atoms with Crippen LogP contribution in [0, 0.1) is 0 Å². The molecule has 0 rings (SSSR count). The molecule has 0 aromatic heterocycles. The van der Waals surface area contributed by atoms with Gasteiger partial charge in [-0.2, -0.15) is 0 Å². The van der Waals surface area contributed by atoms with Gasteiger partial charge in [-0.15, -0.1) is 0 Å². The Morgan fingerprint density at radius 1 is 0.455 bits per heavy atom. The number of allylic oxidation sites excluding steroid dienone is 16. The molecule has 0 fully saturated rings. The number of unbranched alkanes of at least 4 members (excludes halogenated alkanes) is 26. The van der Waals surface area contributed by atoms with Gasteiger partial charge in [-0.05, 0) is 64.2 Å². The van der Waals surface area contributed by atoms with Gasteiger partial charge in [-0.25, -0.2) is 0 Å². The summed E-state index contributed by atoms with van der Waals surface area (Å²) in [7, 11) is 0. The molecule has 0 aliphatic carbocycles. The maximum Gasteiger partial charge on any atom is 0.306 e. The summed E-state index contributed by atoms with van der Waals surface area (Å²) in [6.07, 6.45) is 70.4. The number of carbonyl (C=O) groups is 2. The van der Waals surface area contributed by atoms with E-state index in [1.807, 2.05) is 60.8 Å². The van der Waals surface area contributed by atoms with Gasteiger partial charge in [0, 0.05) is 6.42 Å². The molecule has 0 radical (unpaired) electrons. The minimum atomic E-state index is -0.818. The van der Waals surface area contributed by atoms with Gasteiger partial charge in [-0.1, -0.05) is 266 Å². The van der Waals surface area contributed by atoms with Crippen molar-refractivity contribution in [2.45, 2.75) is 264 Å². The van der Waals surface area contributed by atoms with Crippen LogP contribution in [0.25, 0.3) is 0 Å². The Hall–Kier alpha value is -3.22. The maximum atomic E-state index is 13.2. The predicted octanol–water partition coefficient (Wildman–Crippen LogP) is 16.9. The lowest BCUT2D eigenvalue weighted by Gasteiger charge is -2.24. The standard InChI is InChI=1S/C60H103NO5/c1-4-7-10-13-16-19-22-25-28-31-34-37-40-43-46-49-52-58(63)57(55-62)61-59(64)54-56(51-48-45-42-39-36-33-30-27-24-21-18-15-12-9-6-3)66-60(65)53-50-47-44-41-38-35-32-29-26-23-20-17-14-11-8-5-2/h9,12,15,18,21,24,27,29-30,32-33,35-36,38-39,42,56-58,62-63H,4-8,10-11,13-14,16-17,19-20,22-23,25-26,28,31,34,37,40-41,43-55H2,1-3H3,(H,61,64)/b12-9-,18-15+,24-21+,30-27-,32-29+,36-33+,38-35+,42-39+. The van der Waals surface area contributed by atoms with Crippen LogP contribution in [0.2, 0.25) is 0 Å². The van der Waals surface area contributed by atoms with E-state index in [1.54, 1.807) is 0 Å². The minimum Gasteiger partial charge on any atom is -0.462 e. The number of hydrogen-bond acceptors (Lipinski definition) is 5. The summed E-state index contributed by atoms with van der Waals surface area (Å²) in [5.41, 5.74) is 0. The van der Waals surface area contributed by atoms with Gasteiger partial charge in [0.05, 0.1) is 25.2 Å². The fraction of sp³-hybridized carbons (Fsp3) is 0.700. The van der Waals surface area contributed by atoms with Crippen LogP contribution in [0.5, 0.6) is 0 Å². The Balaban J connectivity index is 4.73. The van der Waals surface area contributed by atoms with Gasteiger partial charge in [0.2, 0.25) is 5.91 Å². The van der Waals surface area contributed by atoms with Crippen LogP contribution in [0.3, 0.4) is 0 Å². The monoisotopic (exact) mass is 918 g/mol. The van der Waals surface area contributed by atoms with Crippen LogP contribution < -0.4 is 5.32 Å². The minimum absolute atomic E-state index is 0.0112. The van der Waals surface area contributed by atoms with Crippen molar-refractivity contribution in [3.63, 3.8) is 0 Å². The number of nitrogens with one attached hydrogen (secondary N) is 1. The van der Waals surface area contributed by atoms with Crippen LogP contribution in [-0.2, 0) is 14.3 Å². The van der Waals surface area contributed by atoms with Gasteiger partial charge in [0.15, 0.2) is 0 Å². The molecule has 0 spiro atoms. The molecule has 0 bridgehead atoms. The maximum absolute atomic E-state index is 13.2. The second-order valence-corrected chi connectivity index (χ2v) is 18.4. The molecular weight excluding hydrogens is 815 g/mol. The molecule has 0 aliphatic rings. The lowest BCUT2D eigenvalue weighted by molar-refractivity contribution is -0.151. The van der Waals surface area contributed by atoms with Gasteiger partial charge in [0.25, 0.3) is 0 Å². The average molecular weight is 918 g/mol. The number of carbonyl (C=O) groups excluding carboxylic acids is 2. The largest absolute Gasteiger partial charge is 0.462 e. The number of hydrogen-bond donors (Lipinski definition) is 3. The van der Waals surface area contributed by atoms with E-state index in [2.05, 4.69) is 62.5 Å². The molecule has 6 heteroatoms. The Morgan fingerprint density at radius 2 is 0.833 bits per heavy atom. The van der Waals surface area contributed by atoms with Crippen molar-refractivity contribution < 1.29 is 24.5 Å². The van der Waals surface area contributed by atoms with E-state index in [9.17, 15) is 19.8 Å². The summed E-state index contributed by atoms with van der Waals surface area (Å²) in [6, 6.07) is -0.737. The first kappa shape index (κ1) is 62.8. The highest BCUT2D eigenvalue weighted by Crippen LogP contribution is 2.17. The van der Waals surface area contributed by atoms with E-state index in [4.69, 9.17) is 4.74 Å². The van der Waals surface area contributed by atoms with Crippen molar-refractivity contribution in [2.24, 2.45) is 0 Å². The zero-order chi connectivity index (χ0) is 48.1. The topological polar surface area (TPSA) is 95.9 Å². The van der Waals surface area contributed by atoms with Crippen LogP contribution >= 0.6 is 0 Å². The Labute approximate surface area is 407 Å². The second-order valence-electron chi connectivity index (χ2n) is 18.4. The molecule has 1 amide bonds. The Morgan fingerprint density at radius 3 is 1.29 bits per heavy atom. The first-order chi connectivity index (χ1) is 32.5. The lowest BCUT2D eigenvalue weighted by Crippen LogP contribution is -2.46. The van der Waals surface area contributed by atoms with Gasteiger partial charge >= 0.3 is 5.97 Å². The molecule has 3 unspecified atom stereocenters. The number of aliphatic hydroxyl groups is 2. The summed E-state index contributed by atoms with van der Waals surface area (Å²) < 4.78 is 5.89. The third-order valence-electron chi connectivity index (χ3n) is 12.1. The second kappa shape index (κ2) is 52.7. The van der Waals surface area contributed by atoms with Gasteiger partial charge < -0.3 is 20.3 Å². The van der Waals surface area contributed by atoms with Crippen molar-refractivity contribution in [3.05, 3.63) is 97.2 Å². The molecule has 0 aliphatic heterocycles. The Bertz CT molecular complexity index is 1310. The fourth-order valence-electron chi connectivity index (χ4n) is 7.93. The van der Waals surface area contributed by atoms with E-state index < -0.39 is 18.2 Å². The summed E-state index contributed by atoms with van der Waals surface area (Å²) >= 11 is 0. The van der Waals surface area contributed by atoms with Crippen molar-refractivity contribution in [2.75, 3.05) is 6.61 Å². The van der Waals surface area contributed by atoms with Gasteiger partial charge in [0.1, 0.15) is 6.10 Å². The number of rotatable bonds is 48. The number of amides is 1. The Kier molecular flexibility index (Phi) is 50.2. The molecule has 3 N–H and O–H groups in total. The smallest absolute Gasteiger partial charge is 0.306 e. The van der Waals surface area contributed by atoms with E-state index in [-0.39, 0.29) is 24.9 Å². The summed E-state index contributed by atoms with van der Waals surface area (Å²) in [5.74, 6) is -0.584. The van der Waals surface area contributed by atoms with Crippen LogP contribution in [0.1, 0.15) is 245 Å². The number of aliphatic hydroxyl groups excluding tert-OH is 2. The van der Waals surface area contributed by atoms with Crippen LogP contribution in [0.4, 0.5) is 0 Å². The van der Waals surface area contributed by atoms with E-state index in [1.165, 1.54) is 128 Å². The fourth-order valence-corrected chi connectivity index (χ4v) is 7.93. The average Bonchev–Trinajstić information content (AvgIpc) is 3.31. The zero-order valence-electron chi connectivity index (χ0n) is 43.0. The molecule has 0 aromatic carbocycles.